The molecule has 4 aromatic heterocycles. The zero-order valence-electron chi connectivity index (χ0n) is 20.7. The summed E-state index contributed by atoms with van der Waals surface area (Å²) in [5.74, 6) is 0.732. The van der Waals surface area contributed by atoms with E-state index in [9.17, 15) is 10.1 Å². The number of hydrogen-bond acceptors (Lipinski definition) is 8. The molecule has 5 rings (SSSR count). The van der Waals surface area contributed by atoms with E-state index >= 15 is 0 Å². The molecule has 0 spiro atoms. The Bertz CT molecular complexity index is 1450. The van der Waals surface area contributed by atoms with Crippen LogP contribution in [0.1, 0.15) is 26.3 Å². The van der Waals surface area contributed by atoms with E-state index in [1.54, 1.807) is 38.9 Å². The summed E-state index contributed by atoms with van der Waals surface area (Å²) in [6.45, 7) is 7.96. The fourth-order valence-corrected chi connectivity index (χ4v) is 4.19. The summed E-state index contributed by atoms with van der Waals surface area (Å²) >= 11 is 0. The van der Waals surface area contributed by atoms with Gasteiger partial charge in [0.15, 0.2) is 0 Å². The Labute approximate surface area is 208 Å². The Morgan fingerprint density at radius 2 is 1.78 bits per heavy atom. The molecule has 1 aliphatic heterocycles. The van der Waals surface area contributed by atoms with Gasteiger partial charge in [-0.25, -0.2) is 14.3 Å². The lowest BCUT2D eigenvalue weighted by atomic mass is 10.0. The van der Waals surface area contributed by atoms with E-state index in [0.29, 0.717) is 43.0 Å². The lowest BCUT2D eigenvalue weighted by molar-refractivity contribution is 0.0240. The van der Waals surface area contributed by atoms with Gasteiger partial charge in [0.05, 0.1) is 41.6 Å². The van der Waals surface area contributed by atoms with Crippen molar-refractivity contribution < 1.29 is 9.53 Å². The number of aromatic nitrogens is 6. The summed E-state index contributed by atoms with van der Waals surface area (Å²) in [5.41, 5.74) is 3.86. The van der Waals surface area contributed by atoms with Crippen LogP contribution in [0.15, 0.2) is 43.2 Å². The number of hydrogen-bond donors (Lipinski definition) is 0. The van der Waals surface area contributed by atoms with Crippen LogP contribution in [0.25, 0.3) is 27.9 Å². The van der Waals surface area contributed by atoms with Crippen LogP contribution < -0.4 is 4.90 Å². The molecule has 11 heteroatoms. The molecule has 0 N–H and O–H groups in total. The van der Waals surface area contributed by atoms with Gasteiger partial charge in [0, 0.05) is 62.3 Å². The van der Waals surface area contributed by atoms with E-state index in [-0.39, 0.29) is 6.09 Å². The lowest BCUT2D eigenvalue weighted by Gasteiger charge is -2.36. The molecule has 0 saturated carbocycles. The van der Waals surface area contributed by atoms with Gasteiger partial charge < -0.3 is 14.5 Å². The molecule has 4 aromatic rings. The number of fused-ring (bicyclic) bond motifs is 1. The Kier molecular flexibility index (Phi) is 5.80. The van der Waals surface area contributed by atoms with Crippen molar-refractivity contribution in [3.8, 4) is 28.5 Å². The highest BCUT2D eigenvalue weighted by Gasteiger charge is 2.26. The van der Waals surface area contributed by atoms with Gasteiger partial charge in [0.25, 0.3) is 0 Å². The van der Waals surface area contributed by atoms with E-state index < -0.39 is 5.60 Å². The average molecular weight is 486 g/mol. The van der Waals surface area contributed by atoms with Gasteiger partial charge in [-0.15, -0.1) is 0 Å². The third kappa shape index (κ3) is 4.57. The molecule has 1 saturated heterocycles. The summed E-state index contributed by atoms with van der Waals surface area (Å²) in [6.07, 6.45) is 10.3. The number of rotatable bonds is 3. The summed E-state index contributed by atoms with van der Waals surface area (Å²) in [5, 5.41) is 18.3. The summed E-state index contributed by atoms with van der Waals surface area (Å²) in [4.78, 5) is 25.5. The molecule has 1 amide bonds. The summed E-state index contributed by atoms with van der Waals surface area (Å²) < 4.78 is 8.91. The van der Waals surface area contributed by atoms with Crippen LogP contribution in [0, 0.1) is 11.3 Å². The number of nitriles is 1. The quantitative estimate of drug-likeness (QED) is 0.434. The van der Waals surface area contributed by atoms with Crippen molar-refractivity contribution in [2.45, 2.75) is 26.4 Å². The van der Waals surface area contributed by atoms with Crippen LogP contribution in [0.3, 0.4) is 0 Å². The van der Waals surface area contributed by atoms with E-state index in [0.717, 1.165) is 22.5 Å². The van der Waals surface area contributed by atoms with Crippen LogP contribution in [0.4, 0.5) is 10.6 Å². The molecule has 11 nitrogen and oxygen atoms in total. The monoisotopic (exact) mass is 485 g/mol. The second-order valence-electron chi connectivity index (χ2n) is 9.72. The Morgan fingerprint density at radius 1 is 1.00 bits per heavy atom. The minimum atomic E-state index is -0.518. The molecule has 0 radical (unpaired) electrons. The normalized spacial score (nSPS) is 14.2. The number of piperazine rings is 1. The fourth-order valence-electron chi connectivity index (χ4n) is 4.19. The SMILES string of the molecule is Cn1cc(-c2cc(-c3cnc(N4CCN(C(=O)OC(C)(C)C)CC4)cn3)c3c(C#N)cnn3c2)cn1. The first-order chi connectivity index (χ1) is 17.2. The molecule has 1 fully saturated rings. The molecular weight excluding hydrogens is 458 g/mol. The minimum Gasteiger partial charge on any atom is -0.444 e. The number of ether oxygens (including phenoxy) is 1. The minimum absolute atomic E-state index is 0.296. The largest absolute Gasteiger partial charge is 0.444 e. The maximum atomic E-state index is 12.3. The number of amides is 1. The van der Waals surface area contributed by atoms with Crippen LogP contribution in [0.5, 0.6) is 0 Å². The predicted molar refractivity (Wildman–Crippen MR) is 133 cm³/mol. The first kappa shape index (κ1) is 23.3. The second kappa shape index (κ2) is 8.96. The second-order valence-corrected chi connectivity index (χ2v) is 9.72. The maximum absolute atomic E-state index is 12.3. The molecule has 0 aliphatic carbocycles. The number of nitrogens with zero attached hydrogens (tertiary/aromatic N) is 9. The number of anilines is 1. The summed E-state index contributed by atoms with van der Waals surface area (Å²) in [6, 6.07) is 4.20. The molecule has 5 heterocycles. The molecule has 0 unspecified atom stereocenters. The lowest BCUT2D eigenvalue weighted by Crippen LogP contribution is -2.50. The van der Waals surface area contributed by atoms with Crippen molar-refractivity contribution in [2.24, 2.45) is 7.05 Å². The van der Waals surface area contributed by atoms with E-state index in [4.69, 9.17) is 9.72 Å². The van der Waals surface area contributed by atoms with Crippen molar-refractivity contribution in [3.05, 3.63) is 48.8 Å². The molecule has 1 aliphatic rings. The third-order valence-electron chi connectivity index (χ3n) is 5.94. The molecule has 0 bridgehead atoms. The van der Waals surface area contributed by atoms with Gasteiger partial charge in [-0.3, -0.25) is 9.67 Å². The number of aryl methyl sites for hydroxylation is 1. The Morgan fingerprint density at radius 3 is 2.39 bits per heavy atom. The van der Waals surface area contributed by atoms with E-state index in [1.165, 1.54) is 0 Å². The van der Waals surface area contributed by atoms with Crippen molar-refractivity contribution in [1.82, 2.24) is 34.3 Å². The molecule has 36 heavy (non-hydrogen) atoms. The molecule has 184 valence electrons. The molecule has 0 atom stereocenters. The van der Waals surface area contributed by atoms with Gasteiger partial charge in [-0.05, 0) is 26.8 Å². The van der Waals surface area contributed by atoms with Crippen LogP contribution in [-0.2, 0) is 11.8 Å². The first-order valence-corrected chi connectivity index (χ1v) is 11.7. The third-order valence-corrected chi connectivity index (χ3v) is 5.94. The van der Waals surface area contributed by atoms with Gasteiger partial charge in [-0.1, -0.05) is 0 Å². The van der Waals surface area contributed by atoms with Crippen molar-refractivity contribution in [1.29, 1.82) is 5.26 Å². The first-order valence-electron chi connectivity index (χ1n) is 11.7. The highest BCUT2D eigenvalue weighted by Crippen LogP contribution is 2.31. The van der Waals surface area contributed by atoms with Gasteiger partial charge in [0.2, 0.25) is 0 Å². The smallest absolute Gasteiger partial charge is 0.410 e. The molecule has 0 aromatic carbocycles. The fraction of sp³-hybridized carbons (Fsp3) is 0.360. The topological polar surface area (TPSA) is 117 Å². The van der Waals surface area contributed by atoms with Gasteiger partial charge in [-0.2, -0.15) is 15.5 Å². The van der Waals surface area contributed by atoms with Crippen LogP contribution in [0.2, 0.25) is 0 Å². The van der Waals surface area contributed by atoms with Gasteiger partial charge >= 0.3 is 6.09 Å². The Hall–Kier alpha value is -4.46. The highest BCUT2D eigenvalue weighted by molar-refractivity contribution is 5.86. The van der Waals surface area contributed by atoms with Crippen LogP contribution in [-0.4, -0.2) is 72.1 Å². The van der Waals surface area contributed by atoms with Gasteiger partial charge in [0.1, 0.15) is 17.5 Å². The summed E-state index contributed by atoms with van der Waals surface area (Å²) in [7, 11) is 1.86. The van der Waals surface area contributed by atoms with E-state index in [2.05, 4.69) is 26.2 Å². The predicted octanol–water partition coefficient (Wildman–Crippen LogP) is 3.12. The highest BCUT2D eigenvalue weighted by atomic mass is 16.6. The van der Waals surface area contributed by atoms with Crippen molar-refractivity contribution >= 4 is 17.4 Å². The van der Waals surface area contributed by atoms with Crippen LogP contribution >= 0.6 is 0 Å². The number of carbonyl (C=O) groups excluding carboxylic acids is 1. The average Bonchev–Trinajstić information content (AvgIpc) is 3.48. The Balaban J connectivity index is 1.40. The van der Waals surface area contributed by atoms with Crippen molar-refractivity contribution in [2.75, 3.05) is 31.1 Å². The number of pyridine rings is 1. The maximum Gasteiger partial charge on any atom is 0.410 e. The van der Waals surface area contributed by atoms with Crippen molar-refractivity contribution in [3.63, 3.8) is 0 Å². The zero-order valence-corrected chi connectivity index (χ0v) is 20.7. The molecular formula is C25H27N9O2. The zero-order chi connectivity index (χ0) is 25.4. The number of carbonyl (C=O) groups is 1. The van der Waals surface area contributed by atoms with E-state index in [1.807, 2.05) is 46.3 Å². The standard InChI is InChI=1S/C25H27N9O2/c1-25(2,3)36-24(35)33-7-5-32(6-8-33)22-14-27-21(13-28-22)20-9-17(19-12-29-31(4)15-19)16-34-23(20)18(10-26)11-30-34/h9,11-16H,5-8H2,1-4H3.